The van der Waals surface area contributed by atoms with E-state index in [1.807, 2.05) is 97.9 Å². The van der Waals surface area contributed by atoms with E-state index in [0.717, 1.165) is 11.3 Å². The molecule has 5 rings (SSSR count). The monoisotopic (exact) mass is 471 g/mol. The summed E-state index contributed by atoms with van der Waals surface area (Å²) < 4.78 is 1.40. The number of hydrogen-bond acceptors (Lipinski definition) is 4. The van der Waals surface area contributed by atoms with E-state index in [2.05, 4.69) is 10.2 Å². The van der Waals surface area contributed by atoms with Gasteiger partial charge in [-0.2, -0.15) is 15.2 Å². The van der Waals surface area contributed by atoms with Gasteiger partial charge in [-0.1, -0.05) is 91.0 Å². The zero-order valence-electron chi connectivity index (χ0n) is 19.7. The second-order valence-corrected chi connectivity index (χ2v) is 8.14. The van der Waals surface area contributed by atoms with Gasteiger partial charge >= 0.3 is 0 Å². The number of rotatable bonds is 6. The Morgan fingerprint density at radius 2 is 1.39 bits per heavy atom. The highest BCUT2D eigenvalue weighted by Gasteiger charge is 2.31. The van der Waals surface area contributed by atoms with E-state index < -0.39 is 0 Å². The molecule has 2 heterocycles. The predicted octanol–water partition coefficient (Wildman–Crippen LogP) is 5.20. The van der Waals surface area contributed by atoms with Crippen LogP contribution in [-0.2, 0) is 4.79 Å². The summed E-state index contributed by atoms with van der Waals surface area (Å²) in [7, 11) is 0. The van der Waals surface area contributed by atoms with Crippen molar-refractivity contribution in [2.45, 2.75) is 6.92 Å². The van der Waals surface area contributed by atoms with Crippen molar-refractivity contribution in [1.82, 2.24) is 9.78 Å². The molecule has 176 valence electrons. The Balaban J connectivity index is 1.40. The summed E-state index contributed by atoms with van der Waals surface area (Å²) in [6, 6.07) is 28.3. The summed E-state index contributed by atoms with van der Waals surface area (Å²) in [4.78, 5) is 13.2. The number of carbonyl (C=O) groups is 1. The van der Waals surface area contributed by atoms with Crippen molar-refractivity contribution in [2.75, 3.05) is 5.01 Å². The summed E-state index contributed by atoms with van der Waals surface area (Å²) in [6.07, 6.45) is 8.81. The molecule has 3 aromatic carbocycles. The van der Waals surface area contributed by atoms with Gasteiger partial charge in [0, 0.05) is 11.1 Å². The molecule has 1 aromatic heterocycles. The molecule has 0 aliphatic carbocycles. The maximum atomic E-state index is 13.2. The number of hydrogen-bond donors (Lipinski definition) is 0. The summed E-state index contributed by atoms with van der Waals surface area (Å²) in [6.45, 7) is 1.81. The molecular formula is C30H23N4O2-. The highest BCUT2D eigenvalue weighted by molar-refractivity contribution is 6.35. The van der Waals surface area contributed by atoms with Gasteiger partial charge in [0.15, 0.2) is 0 Å². The molecule has 6 nitrogen and oxygen atoms in total. The second kappa shape index (κ2) is 10.1. The van der Waals surface area contributed by atoms with E-state index >= 15 is 0 Å². The molecule has 0 N–H and O–H groups in total. The largest absolute Gasteiger partial charge is 0.858 e. The Kier molecular flexibility index (Phi) is 6.40. The van der Waals surface area contributed by atoms with Crippen molar-refractivity contribution in [3.63, 3.8) is 0 Å². The average molecular weight is 472 g/mol. The van der Waals surface area contributed by atoms with Gasteiger partial charge in [-0.05, 0) is 43.1 Å². The number of benzene rings is 3. The fourth-order valence-corrected chi connectivity index (χ4v) is 3.94. The first-order valence-electron chi connectivity index (χ1n) is 11.5. The normalized spacial score (nSPS) is 14.9. The maximum absolute atomic E-state index is 13.2. The molecule has 0 radical (unpaired) electrons. The molecule has 6 heteroatoms. The molecular weight excluding hydrogens is 448 g/mol. The Hall–Kier alpha value is -4.97. The molecule has 4 aromatic rings. The second-order valence-electron chi connectivity index (χ2n) is 8.14. The number of carbonyl (C=O) groups excluding carboxylic acids is 1. The Labute approximate surface area is 209 Å². The van der Waals surface area contributed by atoms with E-state index in [-0.39, 0.29) is 11.8 Å². The third kappa shape index (κ3) is 4.52. The number of hydrazone groups is 1. The van der Waals surface area contributed by atoms with Crippen LogP contribution in [0.15, 0.2) is 126 Å². The lowest BCUT2D eigenvalue weighted by Gasteiger charge is -2.11. The molecule has 0 atom stereocenters. The summed E-state index contributed by atoms with van der Waals surface area (Å²) in [5, 5.41) is 23.2. The number of amides is 1. The number of nitrogens with zero attached hydrogens (tertiary/aromatic N) is 4. The van der Waals surface area contributed by atoms with Crippen LogP contribution in [0.4, 0.5) is 5.69 Å². The standard InChI is InChI=1S/C30H24N4O2/c1-22-26(29(35)33(31-22)24-16-8-3-9-17-24)20-12-5-13-21-27-28(23-14-6-2-7-15-23)32-34(30(27)36)25-18-10-4-11-19-25/h2-21,35H,1H3/p-1. The maximum Gasteiger partial charge on any atom is 0.281 e. The van der Waals surface area contributed by atoms with Crippen molar-refractivity contribution in [3.05, 3.63) is 138 Å². The number of para-hydroxylation sites is 2. The summed E-state index contributed by atoms with van der Waals surface area (Å²) in [5.74, 6) is -0.375. The van der Waals surface area contributed by atoms with Crippen LogP contribution in [0.5, 0.6) is 5.88 Å². The lowest BCUT2D eigenvalue weighted by atomic mass is 10.0. The first-order valence-corrected chi connectivity index (χ1v) is 11.5. The zero-order valence-corrected chi connectivity index (χ0v) is 19.7. The van der Waals surface area contributed by atoms with Gasteiger partial charge in [0.05, 0.1) is 22.6 Å². The molecule has 1 amide bonds. The van der Waals surface area contributed by atoms with Crippen LogP contribution in [0.3, 0.4) is 0 Å². The van der Waals surface area contributed by atoms with E-state index in [0.29, 0.717) is 28.2 Å². The van der Waals surface area contributed by atoms with Crippen LogP contribution < -0.4 is 10.1 Å². The van der Waals surface area contributed by atoms with E-state index in [9.17, 15) is 9.90 Å². The minimum absolute atomic E-state index is 0.176. The van der Waals surface area contributed by atoms with Crippen molar-refractivity contribution >= 4 is 23.4 Å². The Morgan fingerprint density at radius 3 is 2.06 bits per heavy atom. The SMILES string of the molecule is Cc1nn(-c2ccccc2)c([O-])c1C=CC=CC=C1C(=O)N(c2ccccc2)N=C1c1ccccc1. The number of aryl methyl sites for hydroxylation is 1. The smallest absolute Gasteiger partial charge is 0.281 e. The molecule has 36 heavy (non-hydrogen) atoms. The third-order valence-corrected chi connectivity index (χ3v) is 5.74. The molecule has 0 saturated heterocycles. The van der Waals surface area contributed by atoms with Crippen LogP contribution in [0, 0.1) is 6.92 Å². The van der Waals surface area contributed by atoms with Gasteiger partial charge in [-0.25, -0.2) is 4.68 Å². The Morgan fingerprint density at radius 1 is 0.778 bits per heavy atom. The zero-order chi connectivity index (χ0) is 24.9. The quantitative estimate of drug-likeness (QED) is 0.287. The van der Waals surface area contributed by atoms with E-state index in [1.54, 1.807) is 30.4 Å². The molecule has 0 saturated carbocycles. The highest BCUT2D eigenvalue weighted by atomic mass is 16.3. The minimum atomic E-state index is -0.199. The van der Waals surface area contributed by atoms with Crippen LogP contribution in [0.25, 0.3) is 11.8 Å². The minimum Gasteiger partial charge on any atom is -0.858 e. The molecule has 0 bridgehead atoms. The molecule has 0 fully saturated rings. The topological polar surface area (TPSA) is 73.5 Å². The number of aromatic nitrogens is 2. The first kappa shape index (κ1) is 22.8. The lowest BCUT2D eigenvalue weighted by Crippen LogP contribution is -2.21. The summed E-state index contributed by atoms with van der Waals surface area (Å²) in [5.41, 5.74) is 4.56. The van der Waals surface area contributed by atoms with Crippen LogP contribution in [-0.4, -0.2) is 21.4 Å². The van der Waals surface area contributed by atoms with Crippen LogP contribution in [0.2, 0.25) is 0 Å². The van der Waals surface area contributed by atoms with Crippen molar-refractivity contribution in [2.24, 2.45) is 5.10 Å². The lowest BCUT2D eigenvalue weighted by molar-refractivity contribution is -0.278. The fraction of sp³-hybridized carbons (Fsp3) is 0.0333. The van der Waals surface area contributed by atoms with Crippen LogP contribution in [0.1, 0.15) is 16.8 Å². The predicted molar refractivity (Wildman–Crippen MR) is 141 cm³/mol. The third-order valence-electron chi connectivity index (χ3n) is 5.74. The highest BCUT2D eigenvalue weighted by Crippen LogP contribution is 2.26. The fourth-order valence-electron chi connectivity index (χ4n) is 3.94. The van der Waals surface area contributed by atoms with Gasteiger partial charge in [0.1, 0.15) is 5.71 Å². The van der Waals surface area contributed by atoms with Gasteiger partial charge in [-0.15, -0.1) is 0 Å². The van der Waals surface area contributed by atoms with Crippen molar-refractivity contribution in [3.8, 4) is 11.6 Å². The average Bonchev–Trinajstić information content (AvgIpc) is 3.40. The van der Waals surface area contributed by atoms with Crippen LogP contribution >= 0.6 is 0 Å². The van der Waals surface area contributed by atoms with Gasteiger partial charge in [-0.3, -0.25) is 4.79 Å². The first-order chi connectivity index (χ1) is 17.6. The summed E-state index contributed by atoms with van der Waals surface area (Å²) >= 11 is 0. The molecule has 1 aliphatic heterocycles. The number of allylic oxidation sites excluding steroid dienone is 4. The molecule has 1 aliphatic rings. The number of anilines is 1. The van der Waals surface area contributed by atoms with Gasteiger partial charge in [0.2, 0.25) is 0 Å². The van der Waals surface area contributed by atoms with Gasteiger partial charge in [0.25, 0.3) is 5.91 Å². The molecule has 0 unspecified atom stereocenters. The van der Waals surface area contributed by atoms with Crippen molar-refractivity contribution in [1.29, 1.82) is 0 Å². The van der Waals surface area contributed by atoms with Crippen molar-refractivity contribution < 1.29 is 9.90 Å². The molecule has 0 spiro atoms. The Bertz CT molecular complexity index is 1500. The van der Waals surface area contributed by atoms with E-state index in [4.69, 9.17) is 0 Å². The van der Waals surface area contributed by atoms with E-state index in [1.165, 1.54) is 9.69 Å². The van der Waals surface area contributed by atoms with Gasteiger partial charge < -0.3 is 5.11 Å².